The number of carbonyl (C=O) groups excluding carboxylic acids is 1. The van der Waals surface area contributed by atoms with Crippen molar-refractivity contribution in [3.63, 3.8) is 0 Å². The highest BCUT2D eigenvalue weighted by Crippen LogP contribution is 2.18. The van der Waals surface area contributed by atoms with Crippen LogP contribution in [0.5, 0.6) is 0 Å². The van der Waals surface area contributed by atoms with Gasteiger partial charge in [-0.1, -0.05) is 6.92 Å². The van der Waals surface area contributed by atoms with Crippen LogP contribution in [0, 0.1) is 0 Å². The number of hydrogen-bond donors (Lipinski definition) is 2. The molecule has 5 heteroatoms. The minimum absolute atomic E-state index is 0.0866. The van der Waals surface area contributed by atoms with Gasteiger partial charge in [0, 0.05) is 37.1 Å². The molecule has 124 valence electrons. The molecule has 0 aromatic rings. The van der Waals surface area contributed by atoms with Crippen LogP contribution in [0.1, 0.15) is 47.0 Å². The topological polar surface area (TPSA) is 61.6 Å². The van der Waals surface area contributed by atoms with Crippen molar-refractivity contribution in [1.82, 2.24) is 15.1 Å². The normalized spacial score (nSPS) is 21.8. The number of likely N-dealkylation sites (N-methyl/N-ethyl adjacent to an activating group) is 2. The summed E-state index contributed by atoms with van der Waals surface area (Å²) in [6.45, 7) is 12.1. The third-order valence-electron chi connectivity index (χ3n) is 4.23. The number of likely N-dealkylation sites (tertiary alicyclic amines) is 1. The van der Waals surface area contributed by atoms with Crippen molar-refractivity contribution >= 4 is 5.91 Å². The summed E-state index contributed by atoms with van der Waals surface area (Å²) in [7, 11) is 2.09. The largest absolute Gasteiger partial charge is 0.351 e. The molecule has 0 saturated carbocycles. The maximum Gasteiger partial charge on any atom is 0.222 e. The SMILES string of the molecule is CCN1CCCC1CN(C)C(CN)CC(=O)NC(C)(C)C. The smallest absolute Gasteiger partial charge is 0.222 e. The van der Waals surface area contributed by atoms with Gasteiger partial charge in [-0.15, -0.1) is 0 Å². The fraction of sp³-hybridized carbons (Fsp3) is 0.938. The summed E-state index contributed by atoms with van der Waals surface area (Å²) in [5.41, 5.74) is 5.71. The Morgan fingerprint density at radius 2 is 2.14 bits per heavy atom. The summed E-state index contributed by atoms with van der Waals surface area (Å²) < 4.78 is 0. The van der Waals surface area contributed by atoms with Crippen molar-refractivity contribution < 1.29 is 4.79 Å². The van der Waals surface area contributed by atoms with Gasteiger partial charge in [-0.2, -0.15) is 0 Å². The van der Waals surface area contributed by atoms with Gasteiger partial charge in [-0.25, -0.2) is 0 Å². The van der Waals surface area contributed by atoms with E-state index in [1.165, 1.54) is 19.4 Å². The predicted molar refractivity (Wildman–Crippen MR) is 88.3 cm³/mol. The molecule has 5 nitrogen and oxygen atoms in total. The van der Waals surface area contributed by atoms with Gasteiger partial charge in [-0.3, -0.25) is 9.69 Å². The van der Waals surface area contributed by atoms with Crippen LogP contribution in [0.4, 0.5) is 0 Å². The number of nitrogens with two attached hydrogens (primary N) is 1. The van der Waals surface area contributed by atoms with Crippen LogP contribution in [-0.2, 0) is 4.79 Å². The summed E-state index contributed by atoms with van der Waals surface area (Å²) in [5.74, 6) is 0.0866. The summed E-state index contributed by atoms with van der Waals surface area (Å²) >= 11 is 0. The zero-order valence-electron chi connectivity index (χ0n) is 14.5. The number of nitrogens with one attached hydrogen (secondary N) is 1. The van der Waals surface area contributed by atoms with Crippen molar-refractivity contribution in [3.05, 3.63) is 0 Å². The lowest BCUT2D eigenvalue weighted by Gasteiger charge is -2.33. The second kappa shape index (κ2) is 8.11. The van der Waals surface area contributed by atoms with Crippen molar-refractivity contribution in [1.29, 1.82) is 0 Å². The Morgan fingerprint density at radius 1 is 1.48 bits per heavy atom. The second-order valence-electron chi connectivity index (χ2n) is 7.26. The summed E-state index contributed by atoms with van der Waals surface area (Å²) in [4.78, 5) is 16.9. The molecule has 0 aliphatic carbocycles. The first-order valence-corrected chi connectivity index (χ1v) is 8.22. The molecule has 1 saturated heterocycles. The average molecular weight is 298 g/mol. The maximum absolute atomic E-state index is 12.1. The first kappa shape index (κ1) is 18.4. The molecule has 1 aliphatic rings. The van der Waals surface area contributed by atoms with E-state index in [1.54, 1.807) is 0 Å². The molecule has 0 bridgehead atoms. The predicted octanol–water partition coefficient (Wildman–Crippen LogP) is 1.03. The minimum Gasteiger partial charge on any atom is -0.351 e. The molecule has 1 rings (SSSR count). The van der Waals surface area contributed by atoms with E-state index in [0.29, 0.717) is 19.0 Å². The molecular weight excluding hydrogens is 264 g/mol. The Morgan fingerprint density at radius 3 is 2.67 bits per heavy atom. The van der Waals surface area contributed by atoms with Gasteiger partial charge in [0.25, 0.3) is 0 Å². The number of carbonyl (C=O) groups is 1. The Kier molecular flexibility index (Phi) is 7.10. The van der Waals surface area contributed by atoms with E-state index in [4.69, 9.17) is 5.73 Å². The molecular formula is C16H34N4O. The van der Waals surface area contributed by atoms with Crippen LogP contribution < -0.4 is 11.1 Å². The second-order valence-corrected chi connectivity index (χ2v) is 7.26. The first-order chi connectivity index (χ1) is 9.76. The van der Waals surface area contributed by atoms with Gasteiger partial charge in [0.1, 0.15) is 0 Å². The van der Waals surface area contributed by atoms with E-state index in [2.05, 4.69) is 29.1 Å². The molecule has 3 N–H and O–H groups in total. The van der Waals surface area contributed by atoms with E-state index >= 15 is 0 Å². The van der Waals surface area contributed by atoms with E-state index in [9.17, 15) is 4.79 Å². The standard InChI is InChI=1S/C16H34N4O/c1-6-20-9-7-8-13(20)12-19(5)14(11-17)10-15(21)18-16(2,3)4/h13-14H,6-12,17H2,1-5H3,(H,18,21). The first-order valence-electron chi connectivity index (χ1n) is 8.22. The average Bonchev–Trinajstić information content (AvgIpc) is 2.80. The van der Waals surface area contributed by atoms with Crippen LogP contribution in [0.15, 0.2) is 0 Å². The lowest BCUT2D eigenvalue weighted by Crippen LogP contribution is -2.49. The van der Waals surface area contributed by atoms with Gasteiger partial charge in [-0.05, 0) is 53.8 Å². The molecule has 0 aromatic carbocycles. The van der Waals surface area contributed by atoms with Crippen molar-refractivity contribution in [3.8, 4) is 0 Å². The van der Waals surface area contributed by atoms with Gasteiger partial charge < -0.3 is 16.0 Å². The Hall–Kier alpha value is -0.650. The lowest BCUT2D eigenvalue weighted by atomic mass is 10.1. The highest BCUT2D eigenvalue weighted by Gasteiger charge is 2.27. The van der Waals surface area contributed by atoms with Gasteiger partial charge in [0.05, 0.1) is 0 Å². The Bertz CT molecular complexity index is 327. The fourth-order valence-electron chi connectivity index (χ4n) is 3.10. The quantitative estimate of drug-likeness (QED) is 0.737. The highest BCUT2D eigenvalue weighted by molar-refractivity contribution is 5.77. The molecule has 0 spiro atoms. The van der Waals surface area contributed by atoms with Crippen LogP contribution in [-0.4, -0.2) is 66.6 Å². The number of hydrogen-bond acceptors (Lipinski definition) is 4. The molecule has 0 aromatic heterocycles. The maximum atomic E-state index is 12.1. The highest BCUT2D eigenvalue weighted by atomic mass is 16.1. The number of rotatable bonds is 7. The van der Waals surface area contributed by atoms with Crippen molar-refractivity contribution in [2.24, 2.45) is 5.73 Å². The Balaban J connectivity index is 2.49. The van der Waals surface area contributed by atoms with Gasteiger partial charge >= 0.3 is 0 Å². The van der Waals surface area contributed by atoms with E-state index in [0.717, 1.165) is 13.1 Å². The van der Waals surface area contributed by atoms with E-state index in [-0.39, 0.29) is 17.5 Å². The number of amides is 1. The molecule has 1 heterocycles. The molecule has 1 fully saturated rings. The molecule has 2 unspecified atom stereocenters. The Labute approximate surface area is 130 Å². The third-order valence-corrected chi connectivity index (χ3v) is 4.23. The summed E-state index contributed by atoms with van der Waals surface area (Å²) in [6, 6.07) is 0.728. The molecule has 1 amide bonds. The molecule has 21 heavy (non-hydrogen) atoms. The zero-order chi connectivity index (χ0) is 16.0. The van der Waals surface area contributed by atoms with Crippen molar-refractivity contribution in [2.45, 2.75) is 64.6 Å². The molecule has 1 aliphatic heterocycles. The molecule has 2 atom stereocenters. The number of nitrogens with zero attached hydrogens (tertiary/aromatic N) is 2. The van der Waals surface area contributed by atoms with Crippen LogP contribution in [0.2, 0.25) is 0 Å². The van der Waals surface area contributed by atoms with Gasteiger partial charge in [0.15, 0.2) is 0 Å². The van der Waals surface area contributed by atoms with Gasteiger partial charge in [0.2, 0.25) is 5.91 Å². The van der Waals surface area contributed by atoms with Crippen LogP contribution in [0.3, 0.4) is 0 Å². The van der Waals surface area contributed by atoms with Crippen LogP contribution >= 0.6 is 0 Å². The molecule has 0 radical (unpaired) electrons. The fourth-order valence-corrected chi connectivity index (χ4v) is 3.10. The van der Waals surface area contributed by atoms with E-state index in [1.807, 2.05) is 20.8 Å². The summed E-state index contributed by atoms with van der Waals surface area (Å²) in [6.07, 6.45) is 3.01. The minimum atomic E-state index is -0.181. The van der Waals surface area contributed by atoms with Crippen LogP contribution in [0.25, 0.3) is 0 Å². The van der Waals surface area contributed by atoms with Crippen molar-refractivity contribution in [2.75, 3.05) is 33.2 Å². The van der Waals surface area contributed by atoms with E-state index < -0.39 is 0 Å². The third kappa shape index (κ3) is 6.32. The summed E-state index contributed by atoms with van der Waals surface area (Å²) in [5, 5.41) is 3.02. The zero-order valence-corrected chi connectivity index (χ0v) is 14.5. The lowest BCUT2D eigenvalue weighted by molar-refractivity contribution is -0.123. The monoisotopic (exact) mass is 298 g/mol.